The van der Waals surface area contributed by atoms with Crippen LogP contribution in [0.25, 0.3) is 0 Å². The van der Waals surface area contributed by atoms with E-state index in [4.69, 9.17) is 5.11 Å². The number of rotatable bonds is 5. The molecule has 0 aliphatic heterocycles. The van der Waals surface area contributed by atoms with E-state index in [1.807, 2.05) is 6.20 Å². The largest absolute Gasteiger partial charge is 0.481 e. The Morgan fingerprint density at radius 3 is 2.85 bits per heavy atom. The van der Waals surface area contributed by atoms with Crippen molar-refractivity contribution in [3.8, 4) is 0 Å². The summed E-state index contributed by atoms with van der Waals surface area (Å²) in [4.78, 5) is 15.2. The normalized spacial score (nSPS) is 26.6. The first-order chi connectivity index (χ1) is 9.52. The zero-order chi connectivity index (χ0) is 14.7. The highest BCUT2D eigenvalue weighted by Crippen LogP contribution is 2.39. The predicted molar refractivity (Wildman–Crippen MR) is 81.2 cm³/mol. The van der Waals surface area contributed by atoms with Crippen molar-refractivity contribution < 1.29 is 9.90 Å². The number of carboxylic acid groups (broad SMARTS) is 1. The van der Waals surface area contributed by atoms with Crippen molar-refractivity contribution in [3.05, 3.63) is 11.9 Å². The quantitative estimate of drug-likeness (QED) is 0.843. The maximum absolute atomic E-state index is 10.8. The SMILES string of the molecule is CCc1cnc(SCC(=O)O)n1C1CCC(C)CC1C. The van der Waals surface area contributed by atoms with Gasteiger partial charge in [0.25, 0.3) is 0 Å². The summed E-state index contributed by atoms with van der Waals surface area (Å²) in [6, 6.07) is 0.472. The summed E-state index contributed by atoms with van der Waals surface area (Å²) in [7, 11) is 0. The van der Waals surface area contributed by atoms with Crippen molar-refractivity contribution in [3.63, 3.8) is 0 Å². The Hall–Kier alpha value is -0.970. The lowest BCUT2D eigenvalue weighted by atomic mass is 9.79. The maximum atomic E-state index is 10.8. The van der Waals surface area contributed by atoms with Crippen LogP contribution in [0.4, 0.5) is 0 Å². The fourth-order valence-electron chi connectivity index (χ4n) is 3.26. The highest BCUT2D eigenvalue weighted by molar-refractivity contribution is 7.99. The number of aliphatic carboxylic acids is 1. The molecule has 3 unspecified atom stereocenters. The zero-order valence-corrected chi connectivity index (χ0v) is 13.3. The minimum absolute atomic E-state index is 0.0810. The van der Waals surface area contributed by atoms with Crippen molar-refractivity contribution in [1.82, 2.24) is 9.55 Å². The first-order valence-electron chi connectivity index (χ1n) is 7.43. The molecule has 20 heavy (non-hydrogen) atoms. The third kappa shape index (κ3) is 3.37. The van der Waals surface area contributed by atoms with Gasteiger partial charge in [0, 0.05) is 17.9 Å². The predicted octanol–water partition coefficient (Wildman–Crippen LogP) is 3.62. The lowest BCUT2D eigenvalue weighted by molar-refractivity contribution is -0.133. The van der Waals surface area contributed by atoms with E-state index in [2.05, 4.69) is 30.3 Å². The number of carboxylic acids is 1. The molecule has 1 heterocycles. The Labute approximate surface area is 125 Å². The molecule has 2 rings (SSSR count). The standard InChI is InChI=1S/C15H24N2O2S/c1-4-12-8-16-15(20-9-14(18)19)17(12)13-6-5-10(2)7-11(13)3/h8,10-11,13H,4-7,9H2,1-3H3,(H,18,19). The van der Waals surface area contributed by atoms with E-state index in [1.54, 1.807) is 0 Å². The molecule has 1 aliphatic carbocycles. The van der Waals surface area contributed by atoms with Crippen LogP contribution < -0.4 is 0 Å². The van der Waals surface area contributed by atoms with E-state index in [1.165, 1.54) is 36.7 Å². The average Bonchev–Trinajstić information content (AvgIpc) is 2.79. The smallest absolute Gasteiger partial charge is 0.313 e. The van der Waals surface area contributed by atoms with Gasteiger partial charge in [-0.25, -0.2) is 4.98 Å². The average molecular weight is 296 g/mol. The summed E-state index contributed by atoms with van der Waals surface area (Å²) in [6.45, 7) is 6.77. The number of hydrogen-bond donors (Lipinski definition) is 1. The maximum Gasteiger partial charge on any atom is 0.313 e. The second-order valence-corrected chi connectivity index (χ2v) is 6.84. The summed E-state index contributed by atoms with van der Waals surface area (Å²) in [5.74, 6) is 0.720. The Kier molecular flexibility index (Phi) is 5.13. The Bertz CT molecular complexity index is 472. The molecule has 0 bridgehead atoms. The second-order valence-electron chi connectivity index (χ2n) is 5.90. The number of hydrogen-bond acceptors (Lipinski definition) is 3. The van der Waals surface area contributed by atoms with Crippen molar-refractivity contribution in [2.24, 2.45) is 11.8 Å². The molecule has 3 atom stereocenters. The van der Waals surface area contributed by atoms with Crippen LogP contribution in [0.1, 0.15) is 51.8 Å². The van der Waals surface area contributed by atoms with Crippen molar-refractivity contribution in [1.29, 1.82) is 0 Å². The molecule has 0 spiro atoms. The van der Waals surface area contributed by atoms with Gasteiger partial charge in [0.1, 0.15) is 0 Å². The van der Waals surface area contributed by atoms with E-state index in [0.29, 0.717) is 12.0 Å². The third-order valence-electron chi connectivity index (χ3n) is 4.24. The summed E-state index contributed by atoms with van der Waals surface area (Å²) in [6.07, 6.45) is 6.52. The van der Waals surface area contributed by atoms with E-state index in [0.717, 1.165) is 17.5 Å². The zero-order valence-electron chi connectivity index (χ0n) is 12.5. The number of aromatic nitrogens is 2. The molecule has 1 aromatic rings. The van der Waals surface area contributed by atoms with E-state index < -0.39 is 5.97 Å². The third-order valence-corrected chi connectivity index (χ3v) is 5.20. The van der Waals surface area contributed by atoms with Crippen molar-refractivity contribution in [2.75, 3.05) is 5.75 Å². The molecule has 1 N–H and O–H groups in total. The van der Waals surface area contributed by atoms with Crippen LogP contribution in [0, 0.1) is 11.8 Å². The van der Waals surface area contributed by atoms with E-state index >= 15 is 0 Å². The molecule has 0 radical (unpaired) electrons. The van der Waals surface area contributed by atoms with Gasteiger partial charge in [-0.15, -0.1) is 0 Å². The Morgan fingerprint density at radius 2 is 2.25 bits per heavy atom. The minimum Gasteiger partial charge on any atom is -0.481 e. The van der Waals surface area contributed by atoms with Gasteiger partial charge in [-0.05, 0) is 37.5 Å². The van der Waals surface area contributed by atoms with Gasteiger partial charge in [-0.3, -0.25) is 4.79 Å². The second kappa shape index (κ2) is 6.66. The topological polar surface area (TPSA) is 55.1 Å². The van der Waals surface area contributed by atoms with Crippen molar-refractivity contribution in [2.45, 2.75) is 57.7 Å². The van der Waals surface area contributed by atoms with Crippen LogP contribution in [0.3, 0.4) is 0 Å². The molecule has 112 valence electrons. The molecule has 1 aromatic heterocycles. The van der Waals surface area contributed by atoms with Gasteiger partial charge < -0.3 is 9.67 Å². The van der Waals surface area contributed by atoms with Crippen LogP contribution in [0.15, 0.2) is 11.4 Å². The van der Waals surface area contributed by atoms with Crippen molar-refractivity contribution >= 4 is 17.7 Å². The Morgan fingerprint density at radius 1 is 1.50 bits per heavy atom. The molecule has 0 amide bonds. The highest BCUT2D eigenvalue weighted by atomic mass is 32.2. The summed E-state index contributed by atoms with van der Waals surface area (Å²) < 4.78 is 2.31. The summed E-state index contributed by atoms with van der Waals surface area (Å²) >= 11 is 1.34. The van der Waals surface area contributed by atoms with Gasteiger partial charge in [0.2, 0.25) is 0 Å². The van der Waals surface area contributed by atoms with Crippen LogP contribution in [-0.2, 0) is 11.2 Å². The lowest BCUT2D eigenvalue weighted by Gasteiger charge is -2.35. The van der Waals surface area contributed by atoms with E-state index in [-0.39, 0.29) is 5.75 Å². The number of nitrogens with zero attached hydrogens (tertiary/aromatic N) is 2. The molecule has 1 fully saturated rings. The molecule has 0 aromatic carbocycles. The molecular weight excluding hydrogens is 272 g/mol. The van der Waals surface area contributed by atoms with Gasteiger partial charge in [0.15, 0.2) is 5.16 Å². The lowest BCUT2D eigenvalue weighted by Crippen LogP contribution is -2.26. The minimum atomic E-state index is -0.784. The first kappa shape index (κ1) is 15.4. The van der Waals surface area contributed by atoms with Crippen LogP contribution in [-0.4, -0.2) is 26.4 Å². The first-order valence-corrected chi connectivity index (χ1v) is 8.42. The fraction of sp³-hybridized carbons (Fsp3) is 0.733. The van der Waals surface area contributed by atoms with Crippen LogP contribution in [0.2, 0.25) is 0 Å². The molecule has 5 heteroatoms. The van der Waals surface area contributed by atoms with Crippen LogP contribution >= 0.6 is 11.8 Å². The van der Waals surface area contributed by atoms with Gasteiger partial charge in [0.05, 0.1) is 5.75 Å². The molecule has 4 nitrogen and oxygen atoms in total. The Balaban J connectivity index is 2.23. The number of carbonyl (C=O) groups is 1. The van der Waals surface area contributed by atoms with E-state index in [9.17, 15) is 4.79 Å². The molecule has 1 aliphatic rings. The molecular formula is C15H24N2O2S. The monoisotopic (exact) mass is 296 g/mol. The summed E-state index contributed by atoms with van der Waals surface area (Å²) in [5, 5.41) is 9.74. The van der Waals surface area contributed by atoms with Crippen LogP contribution in [0.5, 0.6) is 0 Å². The highest BCUT2D eigenvalue weighted by Gasteiger charge is 2.29. The molecule has 1 saturated carbocycles. The number of imidazole rings is 1. The van der Waals surface area contributed by atoms with Gasteiger partial charge >= 0.3 is 5.97 Å². The molecule has 0 saturated heterocycles. The fourth-order valence-corrected chi connectivity index (χ4v) is 4.03. The van der Waals surface area contributed by atoms with Gasteiger partial charge in [-0.1, -0.05) is 32.5 Å². The number of thioether (sulfide) groups is 1. The summed E-state index contributed by atoms with van der Waals surface area (Å²) in [5.41, 5.74) is 1.23. The number of aryl methyl sites for hydroxylation is 1. The van der Waals surface area contributed by atoms with Gasteiger partial charge in [-0.2, -0.15) is 0 Å².